The van der Waals surface area contributed by atoms with Crippen LogP contribution in [0.1, 0.15) is 10.4 Å². The van der Waals surface area contributed by atoms with Crippen LogP contribution in [0.25, 0.3) is 0 Å². The van der Waals surface area contributed by atoms with Crippen LogP contribution in [0.5, 0.6) is 0 Å². The molecule has 0 saturated carbocycles. The Hall–Kier alpha value is -0.760. The molecule has 0 aliphatic carbocycles. The van der Waals surface area contributed by atoms with Crippen molar-refractivity contribution in [1.29, 1.82) is 0 Å². The molecule has 1 aliphatic rings. The third-order valence-electron chi connectivity index (χ3n) is 2.73. The minimum absolute atomic E-state index is 0.0398. The van der Waals surface area contributed by atoms with Gasteiger partial charge in [0.1, 0.15) is 0 Å². The number of aliphatic hydroxyl groups is 1. The van der Waals surface area contributed by atoms with E-state index in [2.05, 4.69) is 0 Å². The topological polar surface area (TPSA) is 91.7 Å². The van der Waals surface area contributed by atoms with E-state index in [0.29, 0.717) is 4.90 Å². The number of benzene rings is 1. The van der Waals surface area contributed by atoms with Crippen LogP contribution < -0.4 is 0 Å². The second-order valence-corrected chi connectivity index (χ2v) is 8.12. The van der Waals surface area contributed by atoms with E-state index in [-0.39, 0.29) is 22.1 Å². The monoisotopic (exact) mass is 322 g/mol. The standard InChI is InChI=1S/C11H11ClO5S2/c12-8-2-1-6(3-7(8)11(14)15)18-10-5-19(16,17)4-9(10)13/h1-3,9-10,13H,4-5H2,(H,14,15). The number of rotatable bonds is 3. The summed E-state index contributed by atoms with van der Waals surface area (Å²) in [6.07, 6.45) is -0.932. The zero-order chi connectivity index (χ0) is 14.2. The highest BCUT2D eigenvalue weighted by atomic mass is 35.5. The first-order chi connectivity index (χ1) is 8.78. The summed E-state index contributed by atoms with van der Waals surface area (Å²) in [6, 6.07) is 4.44. The molecule has 5 nitrogen and oxygen atoms in total. The molecule has 0 aromatic heterocycles. The molecule has 0 amide bonds. The molecule has 1 saturated heterocycles. The lowest BCUT2D eigenvalue weighted by Crippen LogP contribution is -2.19. The van der Waals surface area contributed by atoms with E-state index in [1.807, 2.05) is 0 Å². The van der Waals surface area contributed by atoms with Gasteiger partial charge in [0, 0.05) is 4.90 Å². The highest BCUT2D eigenvalue weighted by Crippen LogP contribution is 2.33. The fraction of sp³-hybridized carbons (Fsp3) is 0.364. The van der Waals surface area contributed by atoms with E-state index in [9.17, 15) is 18.3 Å². The van der Waals surface area contributed by atoms with Crippen LogP contribution in [0.2, 0.25) is 5.02 Å². The summed E-state index contributed by atoms with van der Waals surface area (Å²) in [5, 5.41) is 18.3. The normalized spacial score (nSPS) is 25.4. The highest BCUT2D eigenvalue weighted by Gasteiger charge is 2.37. The van der Waals surface area contributed by atoms with Gasteiger partial charge in [-0.1, -0.05) is 11.6 Å². The number of halogens is 1. The van der Waals surface area contributed by atoms with Gasteiger partial charge < -0.3 is 10.2 Å². The van der Waals surface area contributed by atoms with Crippen LogP contribution in [0.15, 0.2) is 23.1 Å². The van der Waals surface area contributed by atoms with Gasteiger partial charge >= 0.3 is 5.97 Å². The molecule has 0 spiro atoms. The molecule has 2 N–H and O–H groups in total. The number of aromatic carboxylic acids is 1. The van der Waals surface area contributed by atoms with E-state index < -0.39 is 27.2 Å². The van der Waals surface area contributed by atoms with Crippen molar-refractivity contribution < 1.29 is 23.4 Å². The molecule has 2 unspecified atom stereocenters. The van der Waals surface area contributed by atoms with Crippen molar-refractivity contribution in [2.75, 3.05) is 11.5 Å². The zero-order valence-electron chi connectivity index (χ0n) is 9.61. The van der Waals surface area contributed by atoms with E-state index in [1.165, 1.54) is 12.1 Å². The highest BCUT2D eigenvalue weighted by molar-refractivity contribution is 8.02. The molecule has 1 aromatic rings. The van der Waals surface area contributed by atoms with Crippen LogP contribution in [-0.2, 0) is 9.84 Å². The fourth-order valence-electron chi connectivity index (χ4n) is 1.83. The molecule has 1 aliphatic heterocycles. The van der Waals surface area contributed by atoms with Gasteiger partial charge in [-0.25, -0.2) is 13.2 Å². The summed E-state index contributed by atoms with van der Waals surface area (Å²) >= 11 is 6.90. The smallest absolute Gasteiger partial charge is 0.337 e. The van der Waals surface area contributed by atoms with Gasteiger partial charge in [-0.3, -0.25) is 0 Å². The Morgan fingerprint density at radius 1 is 1.37 bits per heavy atom. The maximum absolute atomic E-state index is 11.4. The van der Waals surface area contributed by atoms with Gasteiger partial charge in [0.25, 0.3) is 0 Å². The minimum atomic E-state index is -3.21. The Balaban J connectivity index is 2.21. The van der Waals surface area contributed by atoms with E-state index in [4.69, 9.17) is 16.7 Å². The quantitative estimate of drug-likeness (QED) is 0.871. The SMILES string of the molecule is O=C(O)c1cc(SC2CS(=O)(=O)CC2O)ccc1Cl. The number of sulfone groups is 1. The van der Waals surface area contributed by atoms with E-state index >= 15 is 0 Å². The second kappa shape index (κ2) is 5.32. The lowest BCUT2D eigenvalue weighted by atomic mass is 10.2. The van der Waals surface area contributed by atoms with E-state index in [1.54, 1.807) is 6.07 Å². The number of carbonyl (C=O) groups is 1. The molecule has 19 heavy (non-hydrogen) atoms. The Labute approximate surface area is 119 Å². The molecule has 1 aromatic carbocycles. The van der Waals surface area contributed by atoms with Gasteiger partial charge in [0.2, 0.25) is 0 Å². The molecule has 1 heterocycles. The van der Waals surface area contributed by atoms with Crippen LogP contribution in [0.4, 0.5) is 0 Å². The van der Waals surface area contributed by atoms with Gasteiger partial charge in [0.15, 0.2) is 9.84 Å². The van der Waals surface area contributed by atoms with Crippen molar-refractivity contribution in [2.24, 2.45) is 0 Å². The molecule has 1 fully saturated rings. The first-order valence-corrected chi connectivity index (χ1v) is 8.44. The Kier molecular flexibility index (Phi) is 4.10. The molecule has 2 rings (SSSR count). The maximum Gasteiger partial charge on any atom is 0.337 e. The predicted octanol–water partition coefficient (Wildman–Crippen LogP) is 1.29. The maximum atomic E-state index is 11.4. The average Bonchev–Trinajstić information content (AvgIpc) is 2.54. The third kappa shape index (κ3) is 3.42. The largest absolute Gasteiger partial charge is 0.478 e. The number of hydrogen-bond donors (Lipinski definition) is 2. The average molecular weight is 323 g/mol. The molecular formula is C11H11ClO5S2. The van der Waals surface area contributed by atoms with Crippen LogP contribution in [-0.4, -0.2) is 47.5 Å². The van der Waals surface area contributed by atoms with Crippen molar-refractivity contribution in [2.45, 2.75) is 16.2 Å². The van der Waals surface area contributed by atoms with Crippen LogP contribution in [0.3, 0.4) is 0 Å². The third-order valence-corrected chi connectivity index (χ3v) is 6.29. The summed E-state index contributed by atoms with van der Waals surface area (Å²) in [4.78, 5) is 11.5. The lowest BCUT2D eigenvalue weighted by molar-refractivity contribution is 0.0697. The molecule has 104 valence electrons. The number of hydrogen-bond acceptors (Lipinski definition) is 5. The summed E-state index contributed by atoms with van der Waals surface area (Å²) in [5.74, 6) is -1.50. The molecular weight excluding hydrogens is 312 g/mol. The molecule has 0 bridgehead atoms. The predicted molar refractivity (Wildman–Crippen MR) is 72.7 cm³/mol. The Morgan fingerprint density at radius 2 is 2.05 bits per heavy atom. The fourth-order valence-corrected chi connectivity index (χ4v) is 5.59. The van der Waals surface area contributed by atoms with Crippen LogP contribution >= 0.6 is 23.4 Å². The Morgan fingerprint density at radius 3 is 2.58 bits per heavy atom. The van der Waals surface area contributed by atoms with Crippen molar-refractivity contribution in [1.82, 2.24) is 0 Å². The van der Waals surface area contributed by atoms with Gasteiger partial charge in [-0.2, -0.15) is 0 Å². The minimum Gasteiger partial charge on any atom is -0.478 e. The van der Waals surface area contributed by atoms with Gasteiger partial charge in [-0.05, 0) is 18.2 Å². The van der Waals surface area contributed by atoms with E-state index in [0.717, 1.165) is 11.8 Å². The van der Waals surface area contributed by atoms with Gasteiger partial charge in [0.05, 0.1) is 33.4 Å². The summed E-state index contributed by atoms with van der Waals surface area (Å²) in [7, 11) is -3.21. The number of carboxylic acids is 1. The van der Waals surface area contributed by atoms with Crippen molar-refractivity contribution in [3.05, 3.63) is 28.8 Å². The molecule has 8 heteroatoms. The first kappa shape index (κ1) is 14.6. The number of carboxylic acid groups (broad SMARTS) is 1. The van der Waals surface area contributed by atoms with Crippen LogP contribution in [0, 0.1) is 0 Å². The van der Waals surface area contributed by atoms with Crippen molar-refractivity contribution >= 4 is 39.2 Å². The summed E-state index contributed by atoms with van der Waals surface area (Å²) in [6.45, 7) is 0. The first-order valence-electron chi connectivity index (χ1n) is 5.36. The molecule has 2 atom stereocenters. The number of aliphatic hydroxyl groups excluding tert-OH is 1. The zero-order valence-corrected chi connectivity index (χ0v) is 12.0. The summed E-state index contributed by atoms with van der Waals surface area (Å²) < 4.78 is 22.8. The van der Waals surface area contributed by atoms with Crippen molar-refractivity contribution in [3.8, 4) is 0 Å². The molecule has 0 radical (unpaired) electrons. The number of thioether (sulfide) groups is 1. The van der Waals surface area contributed by atoms with Crippen molar-refractivity contribution in [3.63, 3.8) is 0 Å². The summed E-state index contributed by atoms with van der Waals surface area (Å²) in [5.41, 5.74) is -0.0398. The lowest BCUT2D eigenvalue weighted by Gasteiger charge is -2.12. The Bertz CT molecular complexity index is 614. The van der Waals surface area contributed by atoms with Gasteiger partial charge in [-0.15, -0.1) is 11.8 Å². The second-order valence-electron chi connectivity index (χ2n) is 4.25.